The van der Waals surface area contributed by atoms with Gasteiger partial charge >= 0.3 is 5.97 Å². The van der Waals surface area contributed by atoms with Crippen molar-refractivity contribution in [3.63, 3.8) is 0 Å². The monoisotopic (exact) mass is 249 g/mol. The Morgan fingerprint density at radius 2 is 2.28 bits per heavy atom. The quantitative estimate of drug-likeness (QED) is 0.889. The summed E-state index contributed by atoms with van der Waals surface area (Å²) in [4.78, 5) is 12.9. The number of hydrogen-bond donors (Lipinski definition) is 1. The van der Waals surface area contributed by atoms with Gasteiger partial charge in [0.25, 0.3) is 0 Å². The predicted octanol–water partition coefficient (Wildman–Crippen LogP) is 2.87. The van der Waals surface area contributed by atoms with Crippen LogP contribution in [0.15, 0.2) is 22.6 Å². The lowest BCUT2D eigenvalue weighted by atomic mass is 10.0. The van der Waals surface area contributed by atoms with Gasteiger partial charge in [0.05, 0.1) is 5.39 Å². The molecule has 1 saturated heterocycles. The highest BCUT2D eigenvalue weighted by Crippen LogP contribution is 2.32. The molecule has 2 aromatic rings. The van der Waals surface area contributed by atoms with E-state index in [0.717, 1.165) is 18.7 Å². The van der Waals surface area contributed by atoms with Crippen molar-refractivity contribution in [2.24, 2.45) is 0 Å². The molecule has 1 aliphatic rings. The van der Waals surface area contributed by atoms with E-state index in [4.69, 9.17) is 9.52 Å². The van der Waals surface area contributed by atoms with Crippen LogP contribution in [0, 0.1) is 5.82 Å². The lowest BCUT2D eigenvalue weighted by Crippen LogP contribution is -2.45. The molecule has 94 valence electrons. The number of anilines is 1. The van der Waals surface area contributed by atoms with Gasteiger partial charge in [-0.25, -0.2) is 9.18 Å². The van der Waals surface area contributed by atoms with E-state index in [9.17, 15) is 9.18 Å². The van der Waals surface area contributed by atoms with Crippen LogP contribution in [0.4, 0.5) is 10.1 Å². The van der Waals surface area contributed by atoms with Gasteiger partial charge in [-0.2, -0.15) is 0 Å². The molecular weight excluding hydrogens is 237 g/mol. The summed E-state index contributed by atoms with van der Waals surface area (Å²) in [5, 5.41) is 9.04. The summed E-state index contributed by atoms with van der Waals surface area (Å²) in [5.41, 5.74) is 1.02. The van der Waals surface area contributed by atoms with Gasteiger partial charge in [0.1, 0.15) is 11.4 Å². The van der Waals surface area contributed by atoms with E-state index in [1.165, 1.54) is 12.1 Å². The highest BCUT2D eigenvalue weighted by atomic mass is 19.1. The van der Waals surface area contributed by atoms with Crippen LogP contribution in [-0.4, -0.2) is 23.7 Å². The number of hydrogen-bond acceptors (Lipinski definition) is 3. The Bertz CT molecular complexity index is 634. The topological polar surface area (TPSA) is 53.7 Å². The molecule has 3 rings (SSSR count). The lowest BCUT2D eigenvalue weighted by Gasteiger charge is -2.40. The smallest absolute Gasteiger partial charge is 0.371 e. The third-order valence-corrected chi connectivity index (χ3v) is 3.43. The summed E-state index contributed by atoms with van der Waals surface area (Å²) in [5.74, 6) is -1.87. The lowest BCUT2D eigenvalue weighted by molar-refractivity contribution is 0.0665. The number of fused-ring (bicyclic) bond motifs is 1. The number of carbonyl (C=O) groups is 1. The van der Waals surface area contributed by atoms with E-state index in [-0.39, 0.29) is 16.7 Å². The number of nitrogens with zero attached hydrogens (tertiary/aromatic N) is 1. The van der Waals surface area contributed by atoms with E-state index in [0.29, 0.717) is 6.04 Å². The van der Waals surface area contributed by atoms with Gasteiger partial charge < -0.3 is 14.4 Å². The Morgan fingerprint density at radius 3 is 2.83 bits per heavy atom. The van der Waals surface area contributed by atoms with E-state index in [2.05, 4.69) is 11.8 Å². The van der Waals surface area contributed by atoms with E-state index in [1.807, 2.05) is 0 Å². The maximum atomic E-state index is 13.9. The van der Waals surface area contributed by atoms with Crippen molar-refractivity contribution in [1.82, 2.24) is 0 Å². The summed E-state index contributed by atoms with van der Waals surface area (Å²) in [6, 6.07) is 4.73. The van der Waals surface area contributed by atoms with Crippen LogP contribution in [0.5, 0.6) is 0 Å². The molecule has 0 bridgehead atoms. The maximum Gasteiger partial charge on any atom is 0.371 e. The second-order valence-electron chi connectivity index (χ2n) is 4.59. The Morgan fingerprint density at radius 1 is 1.50 bits per heavy atom. The highest BCUT2D eigenvalue weighted by Gasteiger charge is 2.25. The molecule has 0 aliphatic carbocycles. The number of carboxylic acid groups (broad SMARTS) is 1. The van der Waals surface area contributed by atoms with Crippen LogP contribution < -0.4 is 4.90 Å². The van der Waals surface area contributed by atoms with Crippen molar-refractivity contribution in [2.75, 3.05) is 11.4 Å². The van der Waals surface area contributed by atoms with E-state index < -0.39 is 11.8 Å². The summed E-state index contributed by atoms with van der Waals surface area (Å²) in [6.07, 6.45) is 1.08. The Labute approximate surface area is 103 Å². The first kappa shape index (κ1) is 11.1. The molecule has 0 amide bonds. The predicted molar refractivity (Wildman–Crippen MR) is 64.6 cm³/mol. The van der Waals surface area contributed by atoms with Crippen molar-refractivity contribution in [1.29, 1.82) is 0 Å². The zero-order valence-electron chi connectivity index (χ0n) is 9.81. The minimum absolute atomic E-state index is 0.212. The van der Waals surface area contributed by atoms with Crippen molar-refractivity contribution >= 4 is 22.6 Å². The molecule has 1 atom stereocenters. The first-order chi connectivity index (χ1) is 8.56. The summed E-state index contributed by atoms with van der Waals surface area (Å²) < 4.78 is 19.0. The Balaban J connectivity index is 2.11. The average Bonchev–Trinajstić information content (AvgIpc) is 2.71. The van der Waals surface area contributed by atoms with Gasteiger partial charge in [-0.1, -0.05) is 0 Å². The van der Waals surface area contributed by atoms with Crippen molar-refractivity contribution in [3.8, 4) is 0 Å². The van der Waals surface area contributed by atoms with Gasteiger partial charge in [0.15, 0.2) is 0 Å². The fourth-order valence-corrected chi connectivity index (χ4v) is 2.25. The molecule has 4 nitrogen and oxygen atoms in total. The Hall–Kier alpha value is -2.04. The first-order valence-electron chi connectivity index (χ1n) is 5.79. The molecular formula is C13H12FNO3. The molecule has 1 aromatic heterocycles. The molecule has 1 aliphatic heterocycles. The molecule has 1 fully saturated rings. The molecule has 2 heterocycles. The molecule has 0 saturated carbocycles. The number of aromatic carboxylic acids is 1. The molecule has 1 unspecified atom stereocenters. The van der Waals surface area contributed by atoms with Crippen molar-refractivity contribution in [3.05, 3.63) is 29.8 Å². The number of furan rings is 1. The van der Waals surface area contributed by atoms with Crippen molar-refractivity contribution < 1.29 is 18.7 Å². The number of benzene rings is 1. The molecule has 0 radical (unpaired) electrons. The van der Waals surface area contributed by atoms with Gasteiger partial charge in [-0.3, -0.25) is 0 Å². The normalized spacial score (nSPS) is 19.0. The minimum atomic E-state index is -1.19. The van der Waals surface area contributed by atoms with Crippen LogP contribution in [-0.2, 0) is 0 Å². The van der Waals surface area contributed by atoms with Crippen LogP contribution in [0.1, 0.15) is 23.9 Å². The number of carboxylic acids is 1. The highest BCUT2D eigenvalue weighted by molar-refractivity contribution is 5.92. The van der Waals surface area contributed by atoms with Gasteiger partial charge in [0.2, 0.25) is 5.76 Å². The third-order valence-electron chi connectivity index (χ3n) is 3.43. The van der Waals surface area contributed by atoms with Crippen LogP contribution in [0.3, 0.4) is 0 Å². The minimum Gasteiger partial charge on any atom is -0.475 e. The maximum absolute atomic E-state index is 13.9. The molecule has 18 heavy (non-hydrogen) atoms. The van der Waals surface area contributed by atoms with Gasteiger partial charge in [0, 0.05) is 30.4 Å². The third kappa shape index (κ3) is 1.54. The second kappa shape index (κ2) is 3.73. The molecule has 1 N–H and O–H groups in total. The number of halogens is 1. The second-order valence-corrected chi connectivity index (χ2v) is 4.59. The SMILES string of the molecule is CC1CCN1c1cc(F)c2cc(C(=O)O)oc2c1. The largest absolute Gasteiger partial charge is 0.475 e. The first-order valence-corrected chi connectivity index (χ1v) is 5.79. The van der Waals surface area contributed by atoms with Crippen LogP contribution in [0.25, 0.3) is 11.0 Å². The fourth-order valence-electron chi connectivity index (χ4n) is 2.25. The van der Waals surface area contributed by atoms with Crippen molar-refractivity contribution in [2.45, 2.75) is 19.4 Å². The zero-order valence-corrected chi connectivity index (χ0v) is 9.81. The zero-order chi connectivity index (χ0) is 12.9. The standard InChI is InChI=1S/C13H12FNO3/c1-7-2-3-15(7)8-4-10(14)9-6-12(13(16)17)18-11(9)5-8/h4-7H,2-3H2,1H3,(H,16,17). The van der Waals surface area contributed by atoms with E-state index >= 15 is 0 Å². The van der Waals surface area contributed by atoms with Gasteiger partial charge in [-0.05, 0) is 19.4 Å². The Kier molecular flexibility index (Phi) is 2.29. The van der Waals surface area contributed by atoms with E-state index in [1.54, 1.807) is 6.07 Å². The summed E-state index contributed by atoms with van der Waals surface area (Å²) in [7, 11) is 0. The fraction of sp³-hybridized carbons (Fsp3) is 0.308. The van der Waals surface area contributed by atoms with Crippen LogP contribution in [0.2, 0.25) is 0 Å². The average molecular weight is 249 g/mol. The number of rotatable bonds is 2. The summed E-state index contributed by atoms with van der Waals surface area (Å²) in [6.45, 7) is 2.95. The molecule has 5 heteroatoms. The van der Waals surface area contributed by atoms with Gasteiger partial charge in [-0.15, -0.1) is 0 Å². The van der Waals surface area contributed by atoms with Crippen LogP contribution >= 0.6 is 0 Å². The molecule has 0 spiro atoms. The summed E-state index contributed by atoms with van der Waals surface area (Å²) >= 11 is 0. The molecule has 1 aromatic carbocycles.